The Kier molecular flexibility index (Phi) is 22.4. The monoisotopic (exact) mass is 1270 g/mol. The Hall–Kier alpha value is -8.46. The number of amides is 3. The molecule has 13 rings (SSSR count). The van der Waals surface area contributed by atoms with Crippen molar-refractivity contribution in [3.8, 4) is 0 Å². The van der Waals surface area contributed by atoms with Crippen molar-refractivity contribution in [2.45, 2.75) is 37.3 Å². The maximum absolute atomic E-state index is 12.4. The molecule has 30 nitrogen and oxygen atoms in total. The lowest BCUT2D eigenvalue weighted by Gasteiger charge is -2.40. The average Bonchev–Trinajstić information content (AvgIpc) is 1.24. The predicted molar refractivity (Wildman–Crippen MR) is 323 cm³/mol. The number of rotatable bonds is 8. The highest BCUT2D eigenvalue weighted by Gasteiger charge is 2.39. The van der Waals surface area contributed by atoms with Gasteiger partial charge in [-0.05, 0) is 53.6 Å². The highest BCUT2D eigenvalue weighted by molar-refractivity contribution is 6.31. The summed E-state index contributed by atoms with van der Waals surface area (Å²) < 4.78 is 34.6. The Morgan fingerprint density at radius 3 is 1.57 bits per heavy atom. The number of halogens is 2. The van der Waals surface area contributed by atoms with Gasteiger partial charge in [-0.1, -0.05) is 23.2 Å². The van der Waals surface area contributed by atoms with Crippen molar-refractivity contribution in [1.82, 2.24) is 30.2 Å². The molecule has 4 atom stereocenters. The number of carbonyl (C=O) groups excluding carboxylic acids is 6. The molecule has 0 aliphatic carbocycles. The van der Waals surface area contributed by atoms with Crippen molar-refractivity contribution in [3.05, 3.63) is 116 Å². The van der Waals surface area contributed by atoms with E-state index in [1.54, 1.807) is 18.3 Å². The highest BCUT2D eigenvalue weighted by Crippen LogP contribution is 2.35. The van der Waals surface area contributed by atoms with Crippen LogP contribution in [-0.4, -0.2) is 221 Å². The maximum Gasteiger partial charge on any atom is 0.339 e. The lowest BCUT2D eigenvalue weighted by atomic mass is 10.1. The minimum Gasteiger partial charge on any atom is -0.468 e. The van der Waals surface area contributed by atoms with Crippen molar-refractivity contribution in [3.63, 3.8) is 0 Å². The SMILES string of the molecule is COC(=O)C1COCCN1.COC(=O)c1cnc(Cl)c([N+](=O)[O-])c1.COC(=O)c1cnc2c(c1)NC(=O)C1COCCN21.O=C1Nc2cc(CN3CCN(c4ccc(Cl)cc4)CC3)cnc2N2CCOCC12.O=C1Nc2cc(CO)cnc2N2CCOCC12. The van der Waals surface area contributed by atoms with E-state index in [2.05, 4.69) is 88.3 Å². The van der Waals surface area contributed by atoms with E-state index in [9.17, 15) is 38.9 Å². The van der Waals surface area contributed by atoms with Crippen LogP contribution in [0, 0.1) is 10.1 Å². The summed E-state index contributed by atoms with van der Waals surface area (Å²) >= 11 is 11.4. The second-order valence-electron chi connectivity index (χ2n) is 20.6. The van der Waals surface area contributed by atoms with Gasteiger partial charge in [0.15, 0.2) is 17.5 Å². The van der Waals surface area contributed by atoms with Gasteiger partial charge in [0.05, 0.1) is 114 Å². The van der Waals surface area contributed by atoms with E-state index in [1.165, 1.54) is 33.2 Å². The van der Waals surface area contributed by atoms with Gasteiger partial charge >= 0.3 is 23.6 Å². The van der Waals surface area contributed by atoms with Crippen LogP contribution >= 0.6 is 23.2 Å². The molecule has 5 N–H and O–H groups in total. The summed E-state index contributed by atoms with van der Waals surface area (Å²) in [6.45, 7) is 11.4. The van der Waals surface area contributed by atoms with E-state index in [0.717, 1.165) is 79.4 Å². The fourth-order valence-electron chi connectivity index (χ4n) is 10.4. The third kappa shape index (κ3) is 16.1. The topological polar surface area (TPSA) is 346 Å². The molecular formula is C57H66Cl2N14O16. The molecule has 12 heterocycles. The molecule has 5 aromatic rings. The molecule has 1 aromatic carbocycles. The average molecular weight is 1270 g/mol. The van der Waals surface area contributed by atoms with Crippen LogP contribution in [0.4, 0.5) is 45.9 Å². The zero-order valence-corrected chi connectivity index (χ0v) is 50.3. The van der Waals surface area contributed by atoms with Crippen LogP contribution in [0.1, 0.15) is 31.8 Å². The van der Waals surface area contributed by atoms with Gasteiger partial charge in [0.2, 0.25) is 22.9 Å². The number of nitrogens with one attached hydrogen (secondary N) is 4. The number of piperazine rings is 1. The Balaban J connectivity index is 0.000000138. The summed E-state index contributed by atoms with van der Waals surface area (Å²) in [7, 11) is 3.85. The highest BCUT2D eigenvalue weighted by atomic mass is 35.5. The van der Waals surface area contributed by atoms with Crippen molar-refractivity contribution < 1.29 is 72.0 Å². The van der Waals surface area contributed by atoms with Crippen LogP contribution in [0.5, 0.6) is 0 Å². The van der Waals surface area contributed by atoms with Crippen LogP contribution < -0.4 is 40.9 Å². The number of nitrogens with zero attached hydrogens (tertiary/aromatic N) is 10. The van der Waals surface area contributed by atoms with E-state index >= 15 is 0 Å². The minimum absolute atomic E-state index is 0.00673. The summed E-state index contributed by atoms with van der Waals surface area (Å²) in [5.41, 5.74) is 4.92. The molecule has 0 spiro atoms. The minimum atomic E-state index is -0.720. The Morgan fingerprint density at radius 1 is 0.618 bits per heavy atom. The molecule has 4 aromatic heterocycles. The summed E-state index contributed by atoms with van der Waals surface area (Å²) in [4.78, 5) is 107. The third-order valence-corrected chi connectivity index (χ3v) is 15.6. The molecule has 0 saturated carbocycles. The van der Waals surface area contributed by atoms with Crippen LogP contribution in [-0.2, 0) is 65.5 Å². The summed E-state index contributed by atoms with van der Waals surface area (Å²) in [6, 6.07) is 13.3. The second kappa shape index (κ2) is 30.6. The molecule has 474 valence electrons. The van der Waals surface area contributed by atoms with Gasteiger partial charge in [0, 0.05) is 100 Å². The Bertz CT molecular complexity index is 3380. The lowest BCUT2D eigenvalue weighted by Crippen LogP contribution is -2.55. The first-order valence-electron chi connectivity index (χ1n) is 28.2. The zero-order valence-electron chi connectivity index (χ0n) is 48.8. The van der Waals surface area contributed by atoms with Gasteiger partial charge in [-0.2, -0.15) is 0 Å². The molecule has 0 bridgehead atoms. The second-order valence-corrected chi connectivity index (χ2v) is 21.4. The van der Waals surface area contributed by atoms with Gasteiger partial charge in [-0.15, -0.1) is 0 Å². The lowest BCUT2D eigenvalue weighted by molar-refractivity contribution is -0.385. The maximum atomic E-state index is 12.4. The summed E-state index contributed by atoms with van der Waals surface area (Å²) in [5.74, 6) is 0.633. The van der Waals surface area contributed by atoms with E-state index < -0.39 is 22.5 Å². The quantitative estimate of drug-likeness (QED) is 0.0490. The smallest absolute Gasteiger partial charge is 0.339 e. The number of fused-ring (bicyclic) bond motifs is 9. The first kappa shape index (κ1) is 65.0. The number of nitro groups is 1. The van der Waals surface area contributed by atoms with Crippen molar-refractivity contribution >= 4 is 105 Å². The molecule has 8 aliphatic rings. The Morgan fingerprint density at radius 2 is 1.09 bits per heavy atom. The number of aliphatic hydroxyl groups excluding tert-OH is 1. The molecule has 8 aliphatic heterocycles. The zero-order chi connectivity index (χ0) is 63.1. The first-order chi connectivity index (χ1) is 43.1. The number of pyridine rings is 4. The predicted octanol–water partition coefficient (Wildman–Crippen LogP) is 2.55. The number of esters is 3. The molecule has 5 saturated heterocycles. The van der Waals surface area contributed by atoms with Crippen LogP contribution in [0.3, 0.4) is 0 Å². The van der Waals surface area contributed by atoms with Gasteiger partial charge in [0.25, 0.3) is 0 Å². The number of carbonyl (C=O) groups is 6. The van der Waals surface area contributed by atoms with E-state index in [-0.39, 0.29) is 65.2 Å². The number of ether oxygens (including phenoxy) is 7. The number of hydrogen-bond acceptors (Lipinski definition) is 26. The molecular weight excluding hydrogens is 1210 g/mol. The van der Waals surface area contributed by atoms with Crippen LogP contribution in [0.2, 0.25) is 10.2 Å². The van der Waals surface area contributed by atoms with E-state index in [1.807, 2.05) is 28.1 Å². The number of methoxy groups -OCH3 is 3. The molecule has 3 amide bonds. The van der Waals surface area contributed by atoms with E-state index in [0.29, 0.717) is 101 Å². The number of benzene rings is 1. The van der Waals surface area contributed by atoms with Crippen molar-refractivity contribution in [2.75, 3.05) is 162 Å². The van der Waals surface area contributed by atoms with Gasteiger partial charge < -0.3 is 79.1 Å². The summed E-state index contributed by atoms with van der Waals surface area (Å²) in [5, 5.41) is 31.5. The molecule has 5 fully saturated rings. The normalized spacial score (nSPS) is 20.5. The van der Waals surface area contributed by atoms with Crippen LogP contribution in [0.25, 0.3) is 0 Å². The fourth-order valence-corrected chi connectivity index (χ4v) is 10.7. The number of hydrogen-bond donors (Lipinski definition) is 5. The van der Waals surface area contributed by atoms with Crippen molar-refractivity contribution in [1.29, 1.82) is 0 Å². The Labute approximate surface area is 520 Å². The number of aliphatic hydroxyl groups is 1. The molecule has 4 unspecified atom stereocenters. The number of morpholine rings is 4. The largest absolute Gasteiger partial charge is 0.468 e. The standard InChI is InChI=1S/C21H24ClN5O2.C12H13N3O4.C11H13N3O3.C7H5ClN2O4.C6H11NO3/c22-16-1-3-17(4-2-16)26-7-5-25(6-8-26)13-15-11-18-20(23-12-15)27-9-10-29-14-19(27)21(28)24-18;1-18-12(17)7-4-8-10(13-5-7)15-2-3-19-6-9(15)11(16)14-8;15-5-7-3-8-10(12-4-7)14-1-2-17-6-9(14)11(16)13-8;1-14-7(11)4-2-5(10(12)13)6(8)9-3-4;1-9-6(8)5-4-10-3-2-7-5/h1-4,11-12,19H,5-10,13-14H2,(H,24,28);4-5,9H,2-3,6H2,1H3,(H,14,16);3-4,9,15H,1-2,5-6H2,(H,13,16);2-3H,1H3;5,7H,2-4H2,1H3. The van der Waals surface area contributed by atoms with Gasteiger partial charge in [-0.3, -0.25) is 34.2 Å². The fraction of sp³-hybridized carbons (Fsp3) is 0.439. The number of anilines is 7. The summed E-state index contributed by atoms with van der Waals surface area (Å²) in [6.07, 6.45) is 6.13. The number of aromatic nitrogens is 4. The van der Waals surface area contributed by atoms with Crippen molar-refractivity contribution in [2.24, 2.45) is 0 Å². The molecule has 0 radical (unpaired) electrons. The van der Waals surface area contributed by atoms with Crippen LogP contribution in [0.15, 0.2) is 73.3 Å². The molecule has 32 heteroatoms. The van der Waals surface area contributed by atoms with Gasteiger partial charge in [0.1, 0.15) is 24.2 Å². The first-order valence-corrected chi connectivity index (χ1v) is 29.0. The van der Waals surface area contributed by atoms with E-state index in [4.69, 9.17) is 47.3 Å². The molecule has 89 heavy (non-hydrogen) atoms. The van der Waals surface area contributed by atoms with Gasteiger partial charge in [-0.25, -0.2) is 29.5 Å². The third-order valence-electron chi connectivity index (χ3n) is 15.0.